The first-order chi connectivity index (χ1) is 8.74. The molecule has 0 fully saturated rings. The molecule has 0 unspecified atom stereocenters. The summed E-state index contributed by atoms with van der Waals surface area (Å²) >= 11 is 4.25. The van der Waals surface area contributed by atoms with Gasteiger partial charge in [0.2, 0.25) is 0 Å². The van der Waals surface area contributed by atoms with Gasteiger partial charge in [-0.05, 0) is 17.7 Å². The van der Waals surface area contributed by atoms with Gasteiger partial charge in [-0.1, -0.05) is 0 Å². The summed E-state index contributed by atoms with van der Waals surface area (Å²) in [5.41, 5.74) is 0.453. The molecule has 0 aliphatic carbocycles. The first-order valence-electron chi connectivity index (χ1n) is 5.05. The van der Waals surface area contributed by atoms with Gasteiger partial charge in [-0.2, -0.15) is 18.2 Å². The molecule has 0 atom stereocenters. The predicted octanol–water partition coefficient (Wildman–Crippen LogP) is 4.19. The van der Waals surface area contributed by atoms with Crippen molar-refractivity contribution < 1.29 is 29.9 Å². The van der Waals surface area contributed by atoms with Crippen molar-refractivity contribution >= 4 is 13.6 Å². The first-order valence-corrected chi connectivity index (χ1v) is 12.0. The third-order valence-corrected chi connectivity index (χ3v) is 2.00. The number of para-hydroxylation sites is 1. The molecular weight excluding hydrogens is 355 g/mol. The summed E-state index contributed by atoms with van der Waals surface area (Å²) < 4.78 is 31.0. The molecule has 2 rings (SSSR count). The molecule has 0 heterocycles. The van der Waals surface area contributed by atoms with Gasteiger partial charge in [0.25, 0.3) is 0 Å². The van der Waals surface area contributed by atoms with E-state index < -0.39 is 11.6 Å². The monoisotopic (exact) mass is 362 g/mol. The van der Waals surface area contributed by atoms with E-state index in [2.05, 4.69) is 19.7 Å². The zero-order valence-electron chi connectivity index (χ0n) is 9.50. The molecule has 1 nitrogen and oxygen atoms in total. The van der Waals surface area contributed by atoms with E-state index in [0.29, 0.717) is 11.3 Å². The third-order valence-electron chi connectivity index (χ3n) is 2.00. The van der Waals surface area contributed by atoms with Gasteiger partial charge in [-0.15, -0.1) is 12.1 Å². The predicted molar refractivity (Wildman–Crippen MR) is 64.9 cm³/mol. The summed E-state index contributed by atoms with van der Waals surface area (Å²) in [7, 11) is 0. The number of hydrogen-bond acceptors (Lipinski definition) is 1. The van der Waals surface area contributed by atoms with E-state index in [1.54, 1.807) is 18.2 Å². The summed E-state index contributed by atoms with van der Waals surface area (Å²) in [4.78, 5) is 0. The molecule has 2 aromatic carbocycles. The Kier molecular flexibility index (Phi) is 7.06. The Morgan fingerprint density at radius 3 is 2.33 bits per heavy atom. The average Bonchev–Trinajstić information content (AvgIpc) is 2.39. The van der Waals surface area contributed by atoms with Crippen LogP contribution in [0.1, 0.15) is 5.56 Å². The summed E-state index contributed by atoms with van der Waals surface area (Å²) in [5.74, 6) is -0.654. The van der Waals surface area contributed by atoms with Crippen molar-refractivity contribution in [3.63, 3.8) is 0 Å². The van der Waals surface area contributed by atoms with Gasteiger partial charge in [0, 0.05) is 11.8 Å². The summed E-state index contributed by atoms with van der Waals surface area (Å²) in [6.07, 6.45) is 0. The molecule has 0 amide bonds. The molecule has 0 aromatic heterocycles. The fourth-order valence-corrected chi connectivity index (χ4v) is 1.32. The summed E-state index contributed by atoms with van der Waals surface area (Å²) in [6.45, 7) is 0.120. The van der Waals surface area contributed by atoms with Crippen LogP contribution in [0.4, 0.5) is 8.78 Å². The molecule has 0 saturated carbocycles. The molecule has 0 radical (unpaired) electrons. The van der Waals surface area contributed by atoms with Gasteiger partial charge in [-0.25, -0.2) is 8.78 Å². The zero-order valence-corrected chi connectivity index (χ0v) is 14.1. The van der Waals surface area contributed by atoms with Gasteiger partial charge in [-0.3, -0.25) is 0 Å². The summed E-state index contributed by atoms with van der Waals surface area (Å²) in [6, 6.07) is 13.2. The van der Waals surface area contributed by atoms with E-state index in [9.17, 15) is 8.78 Å². The van der Waals surface area contributed by atoms with E-state index in [0.717, 1.165) is 6.07 Å². The standard InChI is InChI=1S/C13H9F2O.BrH.Zn/c14-11-6-10(7-12(15)8-11)9-16-13-4-2-1-3-5-13;;/h1-4,6-8H,9H2;1H;/q-1;;+2/p-1. The van der Waals surface area contributed by atoms with Gasteiger partial charge >= 0.3 is 30.0 Å². The van der Waals surface area contributed by atoms with Crippen LogP contribution >= 0.6 is 13.6 Å². The normalized spacial score (nSPS) is 9.39. The zero-order chi connectivity index (χ0) is 13.4. The van der Waals surface area contributed by atoms with Gasteiger partial charge in [0.1, 0.15) is 18.2 Å². The third kappa shape index (κ3) is 5.24. The van der Waals surface area contributed by atoms with Crippen LogP contribution in [0.3, 0.4) is 0 Å². The van der Waals surface area contributed by atoms with Crippen LogP contribution in [0.5, 0.6) is 5.75 Å². The SMILES string of the molecule is Fc1cc(F)cc(COc2[c-]cccc2)c1.[Zn+][Br]. The van der Waals surface area contributed by atoms with Gasteiger partial charge < -0.3 is 4.74 Å². The van der Waals surface area contributed by atoms with Crippen LogP contribution in [0.15, 0.2) is 42.5 Å². The van der Waals surface area contributed by atoms with E-state index in [4.69, 9.17) is 4.74 Å². The molecule has 0 N–H and O–H groups in total. The van der Waals surface area contributed by atoms with Crippen LogP contribution in [0, 0.1) is 17.7 Å². The molecular formula is C13H9BrF2OZn. The second kappa shape index (κ2) is 8.33. The Bertz CT molecular complexity index is 459. The van der Waals surface area contributed by atoms with Crippen molar-refractivity contribution in [2.75, 3.05) is 0 Å². The molecule has 0 saturated heterocycles. The van der Waals surface area contributed by atoms with Crippen molar-refractivity contribution in [3.8, 4) is 5.75 Å². The molecule has 0 spiro atoms. The Hall–Kier alpha value is -0.797. The number of hydrogen-bond donors (Lipinski definition) is 0. The quantitative estimate of drug-likeness (QED) is 0.586. The van der Waals surface area contributed by atoms with Crippen LogP contribution in [-0.2, 0) is 22.9 Å². The molecule has 18 heavy (non-hydrogen) atoms. The molecule has 0 aliphatic heterocycles. The second-order valence-corrected chi connectivity index (χ2v) is 3.29. The van der Waals surface area contributed by atoms with Crippen molar-refractivity contribution in [2.24, 2.45) is 0 Å². The second-order valence-electron chi connectivity index (χ2n) is 3.29. The fourth-order valence-electron chi connectivity index (χ4n) is 1.32. The minimum absolute atomic E-state index is 0.120. The summed E-state index contributed by atoms with van der Waals surface area (Å²) in [5, 5.41) is 0. The Labute approximate surface area is 121 Å². The van der Waals surface area contributed by atoms with E-state index in [-0.39, 0.29) is 6.61 Å². The Morgan fingerprint density at radius 1 is 1.11 bits per heavy atom. The maximum atomic E-state index is 12.9. The van der Waals surface area contributed by atoms with Crippen molar-refractivity contribution in [3.05, 3.63) is 65.7 Å². The first kappa shape index (κ1) is 15.3. The van der Waals surface area contributed by atoms with Crippen LogP contribution in [0.2, 0.25) is 0 Å². The van der Waals surface area contributed by atoms with Crippen LogP contribution in [-0.4, -0.2) is 0 Å². The van der Waals surface area contributed by atoms with Gasteiger partial charge in [0.05, 0.1) is 0 Å². The minimum atomic E-state index is -0.601. The Balaban J connectivity index is 0.000000771. The van der Waals surface area contributed by atoms with E-state index in [1.807, 2.05) is 6.07 Å². The van der Waals surface area contributed by atoms with Gasteiger partial charge in [0.15, 0.2) is 0 Å². The fraction of sp³-hybridized carbons (Fsp3) is 0.0769. The molecule has 2 aromatic rings. The average molecular weight is 365 g/mol. The Morgan fingerprint density at radius 2 is 1.78 bits per heavy atom. The topological polar surface area (TPSA) is 9.23 Å². The number of benzene rings is 2. The number of halogens is 3. The van der Waals surface area contributed by atoms with E-state index in [1.165, 1.54) is 28.5 Å². The number of rotatable bonds is 3. The molecule has 5 heteroatoms. The van der Waals surface area contributed by atoms with Crippen LogP contribution in [0.25, 0.3) is 0 Å². The van der Waals surface area contributed by atoms with Crippen molar-refractivity contribution in [2.45, 2.75) is 6.61 Å². The maximum absolute atomic E-state index is 12.9. The molecule has 90 valence electrons. The van der Waals surface area contributed by atoms with E-state index >= 15 is 0 Å². The van der Waals surface area contributed by atoms with Crippen LogP contribution < -0.4 is 4.74 Å². The van der Waals surface area contributed by atoms with Crippen molar-refractivity contribution in [1.82, 2.24) is 0 Å². The molecule has 0 aliphatic rings. The number of ether oxygens (including phenoxy) is 1. The molecule has 0 bridgehead atoms. The van der Waals surface area contributed by atoms with Crippen molar-refractivity contribution in [1.29, 1.82) is 0 Å².